The van der Waals surface area contributed by atoms with Crippen molar-refractivity contribution in [3.8, 4) is 0 Å². The van der Waals surface area contributed by atoms with Crippen LogP contribution in [0.4, 0.5) is 0 Å². The van der Waals surface area contributed by atoms with Gasteiger partial charge in [0.15, 0.2) is 0 Å². The van der Waals surface area contributed by atoms with Gasteiger partial charge in [0, 0.05) is 17.1 Å². The Morgan fingerprint density at radius 3 is 2.06 bits per heavy atom. The molecule has 0 fully saturated rings. The van der Waals surface area contributed by atoms with Gasteiger partial charge in [-0.15, -0.1) is 22.6 Å². The maximum absolute atomic E-state index is 8.91. The van der Waals surface area contributed by atoms with Crippen LogP contribution in [0.25, 0.3) is 0 Å². The van der Waals surface area contributed by atoms with Crippen molar-refractivity contribution in [3.05, 3.63) is 63.7 Å². The fraction of sp³-hybridized carbons (Fsp3) is 0.0833. The molecule has 0 aliphatic heterocycles. The van der Waals surface area contributed by atoms with E-state index in [0.29, 0.717) is 0 Å². The van der Waals surface area contributed by atoms with E-state index in [1.165, 1.54) is 10.7 Å². The van der Waals surface area contributed by atoms with Gasteiger partial charge in [0.1, 0.15) is 0 Å². The molecule has 1 aromatic rings. The molecule has 1 aliphatic rings. The Morgan fingerprint density at radius 1 is 1.25 bits per heavy atom. The van der Waals surface area contributed by atoms with Crippen molar-refractivity contribution in [3.63, 3.8) is 0 Å². The summed E-state index contributed by atoms with van der Waals surface area (Å²) >= 11 is 2.28. The van der Waals surface area contributed by atoms with Gasteiger partial charge < -0.3 is 9.84 Å². The molecule has 0 heterocycles. The standard InChI is InChI=1S/C7H8O2.C5H4I.Fe/c1-9-7(8)6-4-2-3-5-6;6-5-3-1-2-4-5;/h2-5,8H,1H3;1-4H;/q;-1;. The van der Waals surface area contributed by atoms with Gasteiger partial charge in [0.2, 0.25) is 0 Å². The minimum Gasteiger partial charge on any atom is -0.481 e. The summed E-state index contributed by atoms with van der Waals surface area (Å²) in [5.74, 6) is -0.0278. The van der Waals surface area contributed by atoms with Gasteiger partial charge in [0.25, 0.3) is 5.95 Å². The molecule has 0 unspecified atom stereocenters. The van der Waals surface area contributed by atoms with Crippen LogP contribution in [0.2, 0.25) is 0 Å². The number of allylic oxidation sites excluding steroid dienone is 5. The summed E-state index contributed by atoms with van der Waals surface area (Å²) in [6.07, 6.45) is 7.23. The molecule has 0 atom stereocenters. The van der Waals surface area contributed by atoms with E-state index < -0.39 is 0 Å². The zero-order chi connectivity index (χ0) is 11.1. The molecular formula is C12H12FeIO2-. The maximum Gasteiger partial charge on any atom is 0.283 e. The van der Waals surface area contributed by atoms with Crippen molar-refractivity contribution in [2.24, 2.45) is 0 Å². The summed E-state index contributed by atoms with van der Waals surface area (Å²) in [6.45, 7) is 0. The number of aliphatic hydroxyl groups is 1. The monoisotopic (exact) mass is 371 g/mol. The second kappa shape index (κ2) is 8.56. The molecule has 0 aromatic heterocycles. The first kappa shape index (κ1) is 15.4. The first-order valence-corrected chi connectivity index (χ1v) is 5.51. The molecule has 0 saturated carbocycles. The molecule has 0 bridgehead atoms. The molecule has 1 aromatic carbocycles. The Bertz CT molecular complexity index is 364. The average Bonchev–Trinajstić information content (AvgIpc) is 2.89. The van der Waals surface area contributed by atoms with E-state index in [9.17, 15) is 0 Å². The first-order chi connectivity index (χ1) is 7.24. The van der Waals surface area contributed by atoms with Gasteiger partial charge in [-0.2, -0.15) is 12.1 Å². The molecule has 0 radical (unpaired) electrons. The van der Waals surface area contributed by atoms with E-state index in [1.54, 1.807) is 12.2 Å². The van der Waals surface area contributed by atoms with Crippen molar-refractivity contribution >= 4 is 22.6 Å². The van der Waals surface area contributed by atoms with Crippen molar-refractivity contribution < 1.29 is 26.9 Å². The fourth-order valence-electron chi connectivity index (χ4n) is 0.985. The van der Waals surface area contributed by atoms with Crippen LogP contribution < -0.4 is 0 Å². The minimum absolute atomic E-state index is 0. The van der Waals surface area contributed by atoms with Crippen molar-refractivity contribution in [1.82, 2.24) is 0 Å². The molecule has 88 valence electrons. The third kappa shape index (κ3) is 5.49. The number of aliphatic hydroxyl groups excluding tert-OH is 1. The number of ether oxygens (including phenoxy) is 1. The Labute approximate surface area is 120 Å². The van der Waals surface area contributed by atoms with Gasteiger partial charge in [-0.25, -0.2) is 12.1 Å². The molecule has 0 spiro atoms. The molecule has 16 heavy (non-hydrogen) atoms. The second-order valence-electron chi connectivity index (χ2n) is 2.79. The summed E-state index contributed by atoms with van der Waals surface area (Å²) in [5.41, 5.74) is 0.720. The van der Waals surface area contributed by atoms with Crippen LogP contribution in [0, 0.1) is 3.57 Å². The number of halogens is 1. The Hall–Kier alpha value is -0.581. The molecule has 1 aliphatic carbocycles. The molecule has 0 saturated heterocycles. The van der Waals surface area contributed by atoms with Crippen LogP contribution >= 0.6 is 22.6 Å². The topological polar surface area (TPSA) is 29.5 Å². The van der Waals surface area contributed by atoms with E-state index in [4.69, 9.17) is 5.11 Å². The van der Waals surface area contributed by atoms with Crippen LogP contribution in [-0.2, 0) is 21.8 Å². The van der Waals surface area contributed by atoms with Crippen molar-refractivity contribution in [1.29, 1.82) is 0 Å². The Morgan fingerprint density at radius 2 is 1.75 bits per heavy atom. The number of methoxy groups -OCH3 is 1. The summed E-state index contributed by atoms with van der Waals surface area (Å²) in [4.78, 5) is 0. The molecule has 1 N–H and O–H groups in total. The Balaban J connectivity index is 0.000000283. The largest absolute Gasteiger partial charge is 0.481 e. The number of rotatable bonds is 1. The van der Waals surface area contributed by atoms with Gasteiger partial charge in [-0.05, 0) is 12.2 Å². The zero-order valence-electron chi connectivity index (χ0n) is 8.71. The summed E-state index contributed by atoms with van der Waals surface area (Å²) in [5, 5.41) is 8.91. The predicted octanol–water partition coefficient (Wildman–Crippen LogP) is 3.54. The van der Waals surface area contributed by atoms with Gasteiger partial charge >= 0.3 is 0 Å². The molecule has 2 rings (SSSR count). The van der Waals surface area contributed by atoms with Crippen LogP contribution in [0.3, 0.4) is 0 Å². The van der Waals surface area contributed by atoms with E-state index >= 15 is 0 Å². The number of hydrogen-bond acceptors (Lipinski definition) is 2. The minimum atomic E-state index is -0.0278. The third-order valence-electron chi connectivity index (χ3n) is 1.72. The fourth-order valence-corrected chi connectivity index (χ4v) is 1.40. The smallest absolute Gasteiger partial charge is 0.283 e. The van der Waals surface area contributed by atoms with E-state index in [2.05, 4.69) is 39.5 Å². The summed E-state index contributed by atoms with van der Waals surface area (Å²) in [7, 11) is 1.43. The van der Waals surface area contributed by atoms with Gasteiger partial charge in [-0.3, -0.25) is 0 Å². The Kier molecular flexibility index (Phi) is 8.25. The zero-order valence-corrected chi connectivity index (χ0v) is 12.0. The summed E-state index contributed by atoms with van der Waals surface area (Å²) < 4.78 is 5.88. The molecular weight excluding hydrogens is 359 g/mol. The maximum atomic E-state index is 8.91. The van der Waals surface area contributed by atoms with Crippen molar-refractivity contribution in [2.45, 2.75) is 0 Å². The first-order valence-electron chi connectivity index (χ1n) is 4.43. The average molecular weight is 371 g/mol. The second-order valence-corrected chi connectivity index (χ2v) is 4.03. The van der Waals surface area contributed by atoms with Crippen molar-refractivity contribution in [2.75, 3.05) is 7.11 Å². The van der Waals surface area contributed by atoms with Crippen LogP contribution in [0.1, 0.15) is 0 Å². The molecule has 2 nitrogen and oxygen atoms in total. The molecule has 0 amide bonds. The normalized spacial score (nSPS) is 11.5. The molecule has 4 heteroatoms. The SMILES string of the molecule is COC(O)=C1C=CC=C1.I[c-]1cccc1.[Fe]. The summed E-state index contributed by atoms with van der Waals surface area (Å²) in [6, 6.07) is 8.20. The van der Waals surface area contributed by atoms with Crippen LogP contribution in [0.15, 0.2) is 60.1 Å². The van der Waals surface area contributed by atoms with E-state index in [0.717, 1.165) is 5.57 Å². The van der Waals surface area contributed by atoms with Crippen LogP contribution in [0.5, 0.6) is 0 Å². The van der Waals surface area contributed by atoms with Gasteiger partial charge in [-0.1, -0.05) is 15.7 Å². The number of hydrogen-bond donors (Lipinski definition) is 1. The predicted molar refractivity (Wildman–Crippen MR) is 69.7 cm³/mol. The van der Waals surface area contributed by atoms with Gasteiger partial charge in [0.05, 0.1) is 12.7 Å². The van der Waals surface area contributed by atoms with Crippen LogP contribution in [-0.4, -0.2) is 12.2 Å². The third-order valence-corrected chi connectivity index (χ3v) is 2.44. The van der Waals surface area contributed by atoms with E-state index in [1.807, 2.05) is 24.3 Å². The van der Waals surface area contributed by atoms with E-state index in [-0.39, 0.29) is 23.0 Å². The quantitative estimate of drug-likeness (QED) is 0.354.